The SMILES string of the molecule is CCCCCCCCCCC=CC(C1=NCCN1)C1=NCCN1. The van der Waals surface area contributed by atoms with Gasteiger partial charge in [0.05, 0.1) is 19.0 Å². The number of aliphatic imine (C=N–C) groups is 2. The topological polar surface area (TPSA) is 48.8 Å². The van der Waals surface area contributed by atoms with Crippen molar-refractivity contribution in [2.75, 3.05) is 26.2 Å². The maximum absolute atomic E-state index is 4.58. The smallest absolute Gasteiger partial charge is 0.111 e. The Morgan fingerprint density at radius 2 is 1.43 bits per heavy atom. The molecule has 0 aromatic rings. The maximum atomic E-state index is 4.58. The number of allylic oxidation sites excluding steroid dienone is 1. The number of nitrogens with one attached hydrogen (secondary N) is 2. The van der Waals surface area contributed by atoms with Crippen LogP contribution in [-0.2, 0) is 0 Å². The Kier molecular flexibility index (Phi) is 8.82. The van der Waals surface area contributed by atoms with E-state index in [0.717, 1.165) is 37.9 Å². The van der Waals surface area contributed by atoms with Crippen LogP contribution in [0, 0.1) is 5.92 Å². The molecule has 2 heterocycles. The van der Waals surface area contributed by atoms with Crippen LogP contribution in [0.25, 0.3) is 0 Å². The Hall–Kier alpha value is -1.32. The van der Waals surface area contributed by atoms with Gasteiger partial charge >= 0.3 is 0 Å². The van der Waals surface area contributed by atoms with Crippen molar-refractivity contribution in [2.24, 2.45) is 15.9 Å². The zero-order valence-corrected chi connectivity index (χ0v) is 14.8. The summed E-state index contributed by atoms with van der Waals surface area (Å²) in [5.74, 6) is 2.39. The normalized spacial score (nSPS) is 17.5. The van der Waals surface area contributed by atoms with Crippen LogP contribution in [0.3, 0.4) is 0 Å². The highest BCUT2D eigenvalue weighted by molar-refractivity contribution is 6.08. The first-order valence-corrected chi connectivity index (χ1v) is 9.65. The molecule has 4 nitrogen and oxygen atoms in total. The molecule has 0 saturated carbocycles. The molecule has 2 aliphatic rings. The molecule has 0 fully saturated rings. The van der Waals surface area contributed by atoms with Crippen LogP contribution in [0.5, 0.6) is 0 Å². The minimum absolute atomic E-state index is 0.217. The maximum Gasteiger partial charge on any atom is 0.111 e. The second kappa shape index (κ2) is 11.3. The number of amidine groups is 2. The van der Waals surface area contributed by atoms with Crippen molar-refractivity contribution in [3.8, 4) is 0 Å². The molecule has 0 radical (unpaired) electrons. The number of nitrogens with zero attached hydrogens (tertiary/aromatic N) is 2. The lowest BCUT2D eigenvalue weighted by molar-refractivity contribution is 0.577. The van der Waals surface area contributed by atoms with Gasteiger partial charge in [0.2, 0.25) is 0 Å². The molecule has 0 amide bonds. The molecule has 0 bridgehead atoms. The molecular formula is C19H34N4. The molecule has 0 aromatic carbocycles. The van der Waals surface area contributed by atoms with Crippen molar-refractivity contribution < 1.29 is 0 Å². The molecule has 0 aromatic heterocycles. The number of rotatable bonds is 12. The molecule has 2 N–H and O–H groups in total. The van der Waals surface area contributed by atoms with Crippen LogP contribution in [0.15, 0.2) is 22.1 Å². The van der Waals surface area contributed by atoms with Crippen molar-refractivity contribution in [1.29, 1.82) is 0 Å². The average Bonchev–Trinajstić information content (AvgIpc) is 3.26. The number of hydrogen-bond donors (Lipinski definition) is 2. The van der Waals surface area contributed by atoms with Crippen LogP contribution in [0.2, 0.25) is 0 Å². The molecule has 0 atom stereocenters. The lowest BCUT2D eigenvalue weighted by Gasteiger charge is -2.14. The zero-order chi connectivity index (χ0) is 16.2. The molecule has 0 aliphatic carbocycles. The summed E-state index contributed by atoms with van der Waals surface area (Å²) in [4.78, 5) is 9.16. The Morgan fingerprint density at radius 1 is 0.870 bits per heavy atom. The van der Waals surface area contributed by atoms with Crippen molar-refractivity contribution in [3.05, 3.63) is 12.2 Å². The summed E-state index contributed by atoms with van der Waals surface area (Å²) in [6, 6.07) is 0. The van der Waals surface area contributed by atoms with Gasteiger partial charge in [0.15, 0.2) is 0 Å². The number of unbranched alkanes of at least 4 members (excludes halogenated alkanes) is 8. The van der Waals surface area contributed by atoms with E-state index < -0.39 is 0 Å². The van der Waals surface area contributed by atoms with E-state index >= 15 is 0 Å². The largest absolute Gasteiger partial charge is 0.371 e. The molecule has 130 valence electrons. The van der Waals surface area contributed by atoms with E-state index in [-0.39, 0.29) is 5.92 Å². The van der Waals surface area contributed by atoms with Gasteiger partial charge in [-0.2, -0.15) is 0 Å². The van der Waals surface area contributed by atoms with Gasteiger partial charge in [-0.05, 0) is 12.8 Å². The molecular weight excluding hydrogens is 284 g/mol. The summed E-state index contributed by atoms with van der Waals surface area (Å²) in [7, 11) is 0. The lowest BCUT2D eigenvalue weighted by Crippen LogP contribution is -2.36. The van der Waals surface area contributed by atoms with E-state index in [1.807, 2.05) is 0 Å². The lowest BCUT2D eigenvalue weighted by atomic mass is 10.0. The van der Waals surface area contributed by atoms with Crippen molar-refractivity contribution in [1.82, 2.24) is 10.6 Å². The molecule has 0 saturated heterocycles. The second-order valence-electron chi connectivity index (χ2n) is 6.56. The highest BCUT2D eigenvalue weighted by Crippen LogP contribution is 2.12. The van der Waals surface area contributed by atoms with Gasteiger partial charge in [0, 0.05) is 13.1 Å². The second-order valence-corrected chi connectivity index (χ2v) is 6.56. The third kappa shape index (κ3) is 6.76. The van der Waals surface area contributed by atoms with E-state index in [1.165, 1.54) is 57.8 Å². The van der Waals surface area contributed by atoms with Gasteiger partial charge in [-0.1, -0.05) is 64.0 Å². The summed E-state index contributed by atoms with van der Waals surface area (Å²) in [5, 5.41) is 6.79. The standard InChI is InChI=1S/C19H34N4/c1-2-3-4-5-6-7-8-9-10-11-12-17(18-20-13-14-21-18)19-22-15-16-23-19/h11-12,17H,2-10,13-16H2,1H3,(H,20,21)(H,22,23). The highest BCUT2D eigenvalue weighted by Gasteiger charge is 2.23. The van der Waals surface area contributed by atoms with Crippen molar-refractivity contribution in [2.45, 2.75) is 64.7 Å². The van der Waals surface area contributed by atoms with Gasteiger partial charge in [-0.15, -0.1) is 0 Å². The van der Waals surface area contributed by atoms with Crippen molar-refractivity contribution in [3.63, 3.8) is 0 Å². The van der Waals surface area contributed by atoms with Crippen LogP contribution in [0.1, 0.15) is 64.7 Å². The van der Waals surface area contributed by atoms with E-state index in [1.54, 1.807) is 0 Å². The van der Waals surface area contributed by atoms with Gasteiger partial charge in [0.25, 0.3) is 0 Å². The first kappa shape index (κ1) is 18.0. The molecule has 2 aliphatic heterocycles. The summed E-state index contributed by atoms with van der Waals surface area (Å²) in [6.45, 7) is 5.99. The van der Waals surface area contributed by atoms with E-state index in [9.17, 15) is 0 Å². The molecule has 0 spiro atoms. The predicted octanol–water partition coefficient (Wildman–Crippen LogP) is 3.69. The molecule has 23 heavy (non-hydrogen) atoms. The van der Waals surface area contributed by atoms with Gasteiger partial charge < -0.3 is 10.6 Å². The third-order valence-electron chi connectivity index (χ3n) is 4.54. The fraction of sp³-hybridized carbons (Fsp3) is 0.789. The van der Waals surface area contributed by atoms with E-state index in [0.29, 0.717) is 0 Å². The van der Waals surface area contributed by atoms with E-state index in [4.69, 9.17) is 0 Å². The predicted molar refractivity (Wildman–Crippen MR) is 100 cm³/mol. The first-order valence-electron chi connectivity index (χ1n) is 9.65. The van der Waals surface area contributed by atoms with Crippen molar-refractivity contribution >= 4 is 11.7 Å². The average molecular weight is 319 g/mol. The Balaban J connectivity index is 1.62. The Labute approximate surface area is 141 Å². The third-order valence-corrected chi connectivity index (χ3v) is 4.54. The number of hydrogen-bond acceptors (Lipinski definition) is 4. The summed E-state index contributed by atoms with van der Waals surface area (Å²) >= 11 is 0. The Morgan fingerprint density at radius 3 is 1.96 bits per heavy atom. The van der Waals surface area contributed by atoms with Crippen LogP contribution >= 0.6 is 0 Å². The van der Waals surface area contributed by atoms with Crippen LogP contribution in [-0.4, -0.2) is 37.9 Å². The summed E-state index contributed by atoms with van der Waals surface area (Å²) in [6.07, 6.45) is 16.8. The molecule has 4 heteroatoms. The first-order chi connectivity index (χ1) is 11.4. The highest BCUT2D eigenvalue weighted by atomic mass is 15.1. The minimum atomic E-state index is 0.217. The van der Waals surface area contributed by atoms with Crippen LogP contribution in [0.4, 0.5) is 0 Å². The van der Waals surface area contributed by atoms with Gasteiger partial charge in [-0.25, -0.2) is 0 Å². The monoisotopic (exact) mass is 318 g/mol. The fourth-order valence-electron chi connectivity index (χ4n) is 3.19. The quantitative estimate of drug-likeness (QED) is 0.426. The van der Waals surface area contributed by atoms with Gasteiger partial charge in [-0.3, -0.25) is 9.98 Å². The van der Waals surface area contributed by atoms with Gasteiger partial charge in [0.1, 0.15) is 11.7 Å². The summed E-state index contributed by atoms with van der Waals surface area (Å²) < 4.78 is 0. The Bertz CT molecular complexity index is 388. The molecule has 0 unspecified atom stereocenters. The summed E-state index contributed by atoms with van der Waals surface area (Å²) in [5.41, 5.74) is 0. The zero-order valence-electron chi connectivity index (χ0n) is 14.8. The minimum Gasteiger partial charge on any atom is -0.371 e. The van der Waals surface area contributed by atoms with Crippen LogP contribution < -0.4 is 10.6 Å². The molecule has 2 rings (SSSR count). The van der Waals surface area contributed by atoms with E-state index in [2.05, 4.69) is 39.7 Å². The fourth-order valence-corrected chi connectivity index (χ4v) is 3.19.